The molecule has 6 atom stereocenters. The van der Waals surface area contributed by atoms with Crippen LogP contribution in [-0.4, -0.2) is 5.78 Å². The second-order valence-corrected chi connectivity index (χ2v) is 8.98. The van der Waals surface area contributed by atoms with Gasteiger partial charge in [0.05, 0.1) is 0 Å². The Labute approximate surface area is 123 Å². The van der Waals surface area contributed by atoms with Gasteiger partial charge in [-0.3, -0.25) is 4.79 Å². The second-order valence-electron chi connectivity index (χ2n) is 8.98. The van der Waals surface area contributed by atoms with Crippen molar-refractivity contribution < 1.29 is 4.79 Å². The molecule has 0 radical (unpaired) electrons. The first-order chi connectivity index (χ1) is 9.53. The van der Waals surface area contributed by atoms with Crippen molar-refractivity contribution in [1.82, 2.24) is 0 Å². The summed E-state index contributed by atoms with van der Waals surface area (Å²) in [4.78, 5) is 11.9. The lowest BCUT2D eigenvalue weighted by molar-refractivity contribution is -0.137. The van der Waals surface area contributed by atoms with Crippen molar-refractivity contribution in [2.75, 3.05) is 0 Å². The molecule has 1 nitrogen and oxygen atoms in total. The van der Waals surface area contributed by atoms with Crippen molar-refractivity contribution in [3.8, 4) is 0 Å². The third-order valence-corrected chi connectivity index (χ3v) is 8.26. The van der Waals surface area contributed by atoms with E-state index in [9.17, 15) is 4.79 Å². The molecule has 20 heavy (non-hydrogen) atoms. The molecule has 4 saturated carbocycles. The second kappa shape index (κ2) is 4.34. The minimum Gasteiger partial charge on any atom is -0.300 e. The summed E-state index contributed by atoms with van der Waals surface area (Å²) in [5, 5.41) is 0. The minimum atomic E-state index is 0.501. The molecule has 1 heteroatoms. The molecule has 4 aliphatic carbocycles. The van der Waals surface area contributed by atoms with Crippen molar-refractivity contribution in [1.29, 1.82) is 0 Å². The van der Waals surface area contributed by atoms with Crippen LogP contribution in [0.2, 0.25) is 0 Å². The van der Waals surface area contributed by atoms with Gasteiger partial charge in [-0.1, -0.05) is 20.3 Å². The average molecular weight is 274 g/mol. The molecule has 0 bridgehead atoms. The van der Waals surface area contributed by atoms with Crippen LogP contribution in [-0.2, 0) is 4.79 Å². The lowest BCUT2D eigenvalue weighted by atomic mass is 9.45. The highest BCUT2D eigenvalue weighted by molar-refractivity contribution is 5.79. The predicted molar refractivity (Wildman–Crippen MR) is 81.4 cm³/mol. The van der Waals surface area contributed by atoms with E-state index in [0.29, 0.717) is 16.6 Å². The number of rotatable bonds is 0. The van der Waals surface area contributed by atoms with Crippen LogP contribution in [0.4, 0.5) is 0 Å². The van der Waals surface area contributed by atoms with Gasteiger partial charge >= 0.3 is 0 Å². The largest absolute Gasteiger partial charge is 0.300 e. The zero-order valence-electron chi connectivity index (χ0n) is 13.3. The van der Waals surface area contributed by atoms with E-state index in [4.69, 9.17) is 0 Å². The molecule has 0 aliphatic heterocycles. The summed E-state index contributed by atoms with van der Waals surface area (Å²) in [7, 11) is 0. The lowest BCUT2D eigenvalue weighted by Crippen LogP contribution is -2.52. The summed E-state index contributed by atoms with van der Waals surface area (Å²) in [6.07, 6.45) is 13.1. The zero-order chi connectivity index (χ0) is 14.0. The highest BCUT2D eigenvalue weighted by atomic mass is 16.1. The number of carbonyl (C=O) groups is 1. The Morgan fingerprint density at radius 1 is 0.950 bits per heavy atom. The maximum atomic E-state index is 11.9. The molecule has 0 saturated heterocycles. The third kappa shape index (κ3) is 1.70. The van der Waals surface area contributed by atoms with Crippen LogP contribution in [0, 0.1) is 34.5 Å². The van der Waals surface area contributed by atoms with E-state index < -0.39 is 0 Å². The Hall–Kier alpha value is -0.330. The number of hydrogen-bond donors (Lipinski definition) is 0. The Morgan fingerprint density at radius 2 is 1.80 bits per heavy atom. The van der Waals surface area contributed by atoms with Crippen LogP contribution < -0.4 is 0 Å². The standard InChI is InChI=1S/C19H30O/c1-18-9-3-4-16(18)15-6-5-13-12-14(20)7-11-19(13,2)17(15)8-10-18/h13,15-17H,3-12H2,1-2H3/t13?,15?,16?,17?,18-,19-/m0/s1. The Kier molecular flexibility index (Phi) is 2.89. The van der Waals surface area contributed by atoms with Gasteiger partial charge in [-0.15, -0.1) is 0 Å². The van der Waals surface area contributed by atoms with Gasteiger partial charge in [-0.25, -0.2) is 0 Å². The first-order valence-electron chi connectivity index (χ1n) is 9.05. The Balaban J connectivity index is 1.64. The number of ketones is 1. The summed E-state index contributed by atoms with van der Waals surface area (Å²) in [5.41, 5.74) is 1.18. The first-order valence-corrected chi connectivity index (χ1v) is 9.05. The minimum absolute atomic E-state index is 0.501. The molecule has 0 aromatic rings. The summed E-state index contributed by atoms with van der Waals surface area (Å²) in [6.45, 7) is 5.14. The number of carbonyl (C=O) groups excluding carboxylic acids is 1. The molecule has 0 aromatic carbocycles. The first kappa shape index (κ1) is 13.3. The molecule has 4 rings (SSSR count). The quantitative estimate of drug-likeness (QED) is 0.608. The topological polar surface area (TPSA) is 17.1 Å². The van der Waals surface area contributed by atoms with E-state index in [1.54, 1.807) is 0 Å². The monoisotopic (exact) mass is 274 g/mol. The van der Waals surface area contributed by atoms with Gasteiger partial charge in [0.25, 0.3) is 0 Å². The molecule has 0 heterocycles. The van der Waals surface area contributed by atoms with Gasteiger partial charge in [0, 0.05) is 12.8 Å². The van der Waals surface area contributed by atoms with E-state index in [-0.39, 0.29) is 0 Å². The maximum absolute atomic E-state index is 11.9. The van der Waals surface area contributed by atoms with Crippen LogP contribution in [0.5, 0.6) is 0 Å². The van der Waals surface area contributed by atoms with Crippen molar-refractivity contribution in [2.24, 2.45) is 34.5 Å². The van der Waals surface area contributed by atoms with Crippen LogP contribution in [0.15, 0.2) is 0 Å². The Bertz CT molecular complexity index is 427. The molecule has 4 unspecified atom stereocenters. The number of Topliss-reactive ketones (excluding diaryl/α,β-unsaturated/α-hetero) is 1. The summed E-state index contributed by atoms with van der Waals surface area (Å²) in [6, 6.07) is 0. The van der Waals surface area contributed by atoms with Crippen molar-refractivity contribution in [3.63, 3.8) is 0 Å². The van der Waals surface area contributed by atoms with Gasteiger partial charge in [0.15, 0.2) is 0 Å². The maximum Gasteiger partial charge on any atom is 0.133 e. The molecule has 0 N–H and O–H groups in total. The average Bonchev–Trinajstić information content (AvgIpc) is 2.81. The summed E-state index contributed by atoms with van der Waals surface area (Å²) in [5.74, 6) is 4.20. The van der Waals surface area contributed by atoms with Crippen molar-refractivity contribution >= 4 is 5.78 Å². The number of fused-ring (bicyclic) bond motifs is 5. The van der Waals surface area contributed by atoms with Crippen molar-refractivity contribution in [2.45, 2.75) is 78.1 Å². The Morgan fingerprint density at radius 3 is 2.65 bits per heavy atom. The smallest absolute Gasteiger partial charge is 0.133 e. The van der Waals surface area contributed by atoms with Gasteiger partial charge in [0.2, 0.25) is 0 Å². The predicted octanol–water partition coefficient (Wildman–Crippen LogP) is 4.99. The van der Waals surface area contributed by atoms with Gasteiger partial charge < -0.3 is 0 Å². The van der Waals surface area contributed by atoms with Crippen LogP contribution >= 0.6 is 0 Å². The van der Waals surface area contributed by atoms with Crippen LogP contribution in [0.1, 0.15) is 78.1 Å². The molecule has 0 aromatic heterocycles. The van der Waals surface area contributed by atoms with E-state index in [1.807, 2.05) is 0 Å². The molecule has 112 valence electrons. The summed E-state index contributed by atoms with van der Waals surface area (Å²) < 4.78 is 0. The zero-order valence-corrected chi connectivity index (χ0v) is 13.3. The number of hydrogen-bond acceptors (Lipinski definition) is 1. The van der Waals surface area contributed by atoms with E-state index >= 15 is 0 Å². The molecule has 4 fully saturated rings. The van der Waals surface area contributed by atoms with Gasteiger partial charge in [-0.2, -0.15) is 0 Å². The molecular formula is C19H30O. The van der Waals surface area contributed by atoms with Crippen LogP contribution in [0.3, 0.4) is 0 Å². The molecule has 0 amide bonds. The van der Waals surface area contributed by atoms with Crippen LogP contribution in [0.25, 0.3) is 0 Å². The molecule has 0 spiro atoms. The van der Waals surface area contributed by atoms with Gasteiger partial charge in [-0.05, 0) is 79.4 Å². The highest BCUT2D eigenvalue weighted by Gasteiger charge is 2.57. The fourth-order valence-corrected chi connectivity index (χ4v) is 7.04. The molecule has 4 aliphatic rings. The highest BCUT2D eigenvalue weighted by Crippen LogP contribution is 2.65. The van der Waals surface area contributed by atoms with Crippen molar-refractivity contribution in [3.05, 3.63) is 0 Å². The normalized spacial score (nSPS) is 55.0. The van der Waals surface area contributed by atoms with E-state index in [1.165, 1.54) is 51.4 Å². The summed E-state index contributed by atoms with van der Waals surface area (Å²) >= 11 is 0. The third-order valence-electron chi connectivity index (χ3n) is 8.26. The van der Waals surface area contributed by atoms with Gasteiger partial charge in [0.1, 0.15) is 5.78 Å². The SMILES string of the molecule is C[C@@]12CCCC1C1CCC3CC(=O)CC[C@]3(C)C1CC2. The fourth-order valence-electron chi connectivity index (χ4n) is 7.04. The van der Waals surface area contributed by atoms with E-state index in [2.05, 4.69) is 13.8 Å². The lowest BCUT2D eigenvalue weighted by Gasteiger charge is -2.59. The fraction of sp³-hybridized carbons (Fsp3) is 0.947. The van der Waals surface area contributed by atoms with E-state index in [0.717, 1.165) is 36.5 Å². The molecular weight excluding hydrogens is 244 g/mol.